The number of phenolic OH excluding ortho intramolecular Hbond substituents is 3. The zero-order chi connectivity index (χ0) is 24.5. The van der Waals surface area contributed by atoms with Crippen LogP contribution in [0.1, 0.15) is 30.9 Å². The average Bonchev–Trinajstić information content (AvgIpc) is 3.46. The number of nitrogens with zero attached hydrogens (tertiary/aromatic N) is 3. The molecule has 0 saturated heterocycles. The zero-order valence-electron chi connectivity index (χ0n) is 19.1. The van der Waals surface area contributed by atoms with Crippen molar-refractivity contribution in [3.63, 3.8) is 0 Å². The molecule has 2 heterocycles. The Bertz CT molecular complexity index is 1580. The highest BCUT2D eigenvalue weighted by atomic mass is 32.1. The van der Waals surface area contributed by atoms with E-state index in [9.17, 15) is 15.3 Å². The van der Waals surface area contributed by atoms with E-state index in [1.54, 1.807) is 4.68 Å². The number of aromatic hydroxyl groups is 3. The first-order valence-corrected chi connectivity index (χ1v) is 11.9. The first-order valence-electron chi connectivity index (χ1n) is 11.0. The fourth-order valence-electron chi connectivity index (χ4n) is 3.62. The van der Waals surface area contributed by atoms with Gasteiger partial charge in [0.1, 0.15) is 11.3 Å². The van der Waals surface area contributed by atoms with E-state index in [0.29, 0.717) is 22.2 Å². The summed E-state index contributed by atoms with van der Waals surface area (Å²) in [5.41, 5.74) is 3.69. The lowest BCUT2D eigenvalue weighted by molar-refractivity contribution is 0.367. The molecule has 8 heteroatoms. The van der Waals surface area contributed by atoms with Crippen LogP contribution in [0.25, 0.3) is 22.4 Å². The molecule has 0 amide bonds. The van der Waals surface area contributed by atoms with Gasteiger partial charge in [-0.05, 0) is 47.9 Å². The van der Waals surface area contributed by atoms with Crippen molar-refractivity contribution >= 4 is 34.2 Å². The van der Waals surface area contributed by atoms with Crippen LogP contribution in [0.5, 0.6) is 17.2 Å². The van der Waals surface area contributed by atoms with Gasteiger partial charge in [-0.15, -0.1) is 11.3 Å². The molecule has 0 unspecified atom stereocenters. The molecule has 0 radical (unpaired) electrons. The summed E-state index contributed by atoms with van der Waals surface area (Å²) in [4.78, 5) is 5.38. The molecule has 0 atom stereocenters. The van der Waals surface area contributed by atoms with Crippen LogP contribution in [0.15, 0.2) is 86.6 Å². The molecule has 0 fully saturated rings. The highest BCUT2D eigenvalue weighted by molar-refractivity contribution is 7.07. The van der Waals surface area contributed by atoms with E-state index in [4.69, 9.17) is 9.41 Å². The monoisotopic (exact) mass is 485 g/mol. The maximum atomic E-state index is 10.2. The Labute approximate surface area is 205 Å². The molecule has 7 nitrogen and oxygen atoms in total. The van der Waals surface area contributed by atoms with Crippen molar-refractivity contribution in [2.75, 3.05) is 0 Å². The first-order chi connectivity index (χ1) is 16.9. The number of phenols is 3. The molecule has 2 aromatic heterocycles. The predicted molar refractivity (Wildman–Crippen MR) is 138 cm³/mol. The molecule has 5 rings (SSSR count). The lowest BCUT2D eigenvalue weighted by atomic mass is 10.0. The van der Waals surface area contributed by atoms with Gasteiger partial charge in [0.2, 0.25) is 10.6 Å². The third-order valence-corrected chi connectivity index (χ3v) is 6.44. The van der Waals surface area contributed by atoms with E-state index in [-0.39, 0.29) is 5.56 Å². The molecule has 0 saturated carbocycles. The quantitative estimate of drug-likeness (QED) is 0.200. The van der Waals surface area contributed by atoms with Crippen molar-refractivity contribution in [2.24, 2.45) is 10.1 Å². The van der Waals surface area contributed by atoms with Crippen LogP contribution in [-0.2, 0) is 0 Å². The minimum atomic E-state index is -0.600. The molecule has 0 bridgehead atoms. The number of benzene rings is 3. The van der Waals surface area contributed by atoms with Crippen LogP contribution in [-0.4, -0.2) is 26.2 Å². The summed E-state index contributed by atoms with van der Waals surface area (Å²) in [5.74, 6) is -0.427. The van der Waals surface area contributed by atoms with E-state index in [2.05, 4.69) is 31.1 Å². The number of fused-ring (bicyclic) bond motifs is 1. The number of para-hydroxylation sites is 1. The second-order valence-corrected chi connectivity index (χ2v) is 9.17. The number of rotatable bonds is 5. The zero-order valence-corrected chi connectivity index (χ0v) is 19.9. The normalized spacial score (nSPS) is 12.4. The Morgan fingerprint density at radius 1 is 0.943 bits per heavy atom. The molecule has 0 aliphatic carbocycles. The average molecular weight is 486 g/mol. The summed E-state index contributed by atoms with van der Waals surface area (Å²) in [6.45, 7) is 4.29. The molecule has 176 valence electrons. The van der Waals surface area contributed by atoms with E-state index in [0.717, 1.165) is 16.7 Å². The number of thiazole rings is 1. The van der Waals surface area contributed by atoms with Crippen molar-refractivity contribution in [3.8, 4) is 28.7 Å². The Balaban J connectivity index is 1.64. The van der Waals surface area contributed by atoms with Gasteiger partial charge in [0.15, 0.2) is 17.3 Å². The Morgan fingerprint density at radius 3 is 2.46 bits per heavy atom. The summed E-state index contributed by atoms with van der Waals surface area (Å²) in [6, 6.07) is 20.5. The van der Waals surface area contributed by atoms with E-state index >= 15 is 0 Å². The van der Waals surface area contributed by atoms with E-state index in [1.807, 2.05) is 47.8 Å². The van der Waals surface area contributed by atoms with Gasteiger partial charge in [0, 0.05) is 16.3 Å². The van der Waals surface area contributed by atoms with Crippen molar-refractivity contribution in [1.82, 2.24) is 4.68 Å². The fraction of sp³-hybridized carbons (Fsp3) is 0.111. The summed E-state index contributed by atoms with van der Waals surface area (Å²) in [6.07, 6.45) is 1.40. The third-order valence-electron chi connectivity index (χ3n) is 5.62. The number of furan rings is 1. The van der Waals surface area contributed by atoms with E-state index < -0.39 is 17.2 Å². The molecule has 3 N–H and O–H groups in total. The van der Waals surface area contributed by atoms with Crippen LogP contribution in [0.4, 0.5) is 5.69 Å². The van der Waals surface area contributed by atoms with Crippen LogP contribution >= 0.6 is 11.3 Å². The van der Waals surface area contributed by atoms with Crippen molar-refractivity contribution < 1.29 is 19.7 Å². The number of hydrogen-bond acceptors (Lipinski definition) is 7. The highest BCUT2D eigenvalue weighted by Crippen LogP contribution is 2.36. The minimum absolute atomic E-state index is 0.238. The van der Waals surface area contributed by atoms with Crippen LogP contribution < -0.4 is 4.80 Å². The molecule has 3 aromatic carbocycles. The van der Waals surface area contributed by atoms with Gasteiger partial charge in [-0.2, -0.15) is 5.10 Å². The molecule has 0 aliphatic rings. The van der Waals surface area contributed by atoms with Gasteiger partial charge in [-0.25, -0.2) is 9.67 Å². The van der Waals surface area contributed by atoms with E-state index in [1.165, 1.54) is 35.2 Å². The maximum Gasteiger partial charge on any atom is 0.211 e. The minimum Gasteiger partial charge on any atom is -0.504 e. The number of aromatic nitrogens is 1. The third kappa shape index (κ3) is 4.43. The van der Waals surface area contributed by atoms with Crippen LogP contribution in [0.3, 0.4) is 0 Å². The van der Waals surface area contributed by atoms with Crippen LogP contribution in [0.2, 0.25) is 0 Å². The van der Waals surface area contributed by atoms with Crippen molar-refractivity contribution in [1.29, 1.82) is 0 Å². The smallest absolute Gasteiger partial charge is 0.211 e. The second kappa shape index (κ2) is 9.15. The summed E-state index contributed by atoms with van der Waals surface area (Å²) >= 11 is 1.40. The molecule has 0 aliphatic heterocycles. The maximum absolute atomic E-state index is 10.2. The summed E-state index contributed by atoms with van der Waals surface area (Å²) in [7, 11) is 0. The fourth-order valence-corrected chi connectivity index (χ4v) is 4.46. The highest BCUT2D eigenvalue weighted by Gasteiger charge is 2.14. The van der Waals surface area contributed by atoms with Gasteiger partial charge in [-0.1, -0.05) is 44.2 Å². The van der Waals surface area contributed by atoms with Gasteiger partial charge in [-0.3, -0.25) is 0 Å². The molecular weight excluding hydrogens is 462 g/mol. The largest absolute Gasteiger partial charge is 0.504 e. The lowest BCUT2D eigenvalue weighted by Crippen LogP contribution is -2.11. The number of hydrogen-bond donors (Lipinski definition) is 3. The molecule has 5 aromatic rings. The molecule has 0 spiro atoms. The van der Waals surface area contributed by atoms with Crippen molar-refractivity contribution in [3.05, 3.63) is 88.0 Å². The molecule has 35 heavy (non-hydrogen) atoms. The van der Waals surface area contributed by atoms with Gasteiger partial charge in [0.05, 0.1) is 11.9 Å². The topological polar surface area (TPSA) is 103 Å². The van der Waals surface area contributed by atoms with Crippen LogP contribution in [0, 0.1) is 0 Å². The summed E-state index contributed by atoms with van der Waals surface area (Å²) in [5, 5.41) is 37.1. The Hall–Kier alpha value is -4.30. The first kappa shape index (κ1) is 22.5. The summed E-state index contributed by atoms with van der Waals surface area (Å²) < 4.78 is 7.69. The Kier molecular flexibility index (Phi) is 5.88. The SMILES string of the molecule is CC(C)c1ccc(N=c2scc(-c3cc4ccccc4o3)n2N=Cc2ccc(O)c(O)c2O)cc1. The van der Waals surface area contributed by atoms with Gasteiger partial charge in [0.25, 0.3) is 0 Å². The lowest BCUT2D eigenvalue weighted by Gasteiger charge is -2.05. The van der Waals surface area contributed by atoms with Crippen molar-refractivity contribution in [2.45, 2.75) is 19.8 Å². The molecular formula is C27H23N3O4S. The second-order valence-electron chi connectivity index (χ2n) is 8.34. The standard InChI is InChI=1S/C27H23N3O4S/c1-16(2)17-7-10-20(11-8-17)29-27-30(28-14-19-9-12-22(31)26(33)25(19)32)21(15-35-27)24-13-18-5-3-4-6-23(18)34-24/h3-16,31-33H,1-2H3. The van der Waals surface area contributed by atoms with Gasteiger partial charge < -0.3 is 19.7 Å². The van der Waals surface area contributed by atoms with Gasteiger partial charge >= 0.3 is 0 Å². The predicted octanol–water partition coefficient (Wildman–Crippen LogP) is 6.32. The Morgan fingerprint density at radius 2 is 1.71 bits per heavy atom.